The summed E-state index contributed by atoms with van der Waals surface area (Å²) in [6.45, 7) is 2.33. The highest BCUT2D eigenvalue weighted by atomic mass is 35.5. The molecule has 4 aromatic rings. The minimum atomic E-state index is 0.535. The lowest BCUT2D eigenvalue weighted by Crippen LogP contribution is -2.13. The number of anilines is 2. The first-order valence-corrected chi connectivity index (χ1v) is 10.4. The van der Waals surface area contributed by atoms with Crippen LogP contribution in [0.5, 0.6) is 0 Å². The van der Waals surface area contributed by atoms with Crippen LogP contribution in [0.1, 0.15) is 11.1 Å². The fourth-order valence-corrected chi connectivity index (χ4v) is 3.06. The van der Waals surface area contributed by atoms with Gasteiger partial charge in [0.05, 0.1) is 13.2 Å². The maximum atomic E-state index is 5.91. The molecule has 4 rings (SSSR count). The molecule has 0 aliphatic heterocycles. The van der Waals surface area contributed by atoms with Crippen molar-refractivity contribution in [1.82, 2.24) is 19.5 Å². The molecule has 0 aliphatic carbocycles. The van der Waals surface area contributed by atoms with Gasteiger partial charge in [-0.25, -0.2) is 4.98 Å². The number of ether oxygens (including phenoxy) is 1. The molecule has 31 heavy (non-hydrogen) atoms. The van der Waals surface area contributed by atoms with Crippen LogP contribution in [-0.4, -0.2) is 32.7 Å². The second-order valence-electron chi connectivity index (χ2n) is 6.85. The van der Waals surface area contributed by atoms with Crippen molar-refractivity contribution in [3.8, 4) is 5.82 Å². The van der Waals surface area contributed by atoms with E-state index in [1.165, 1.54) is 0 Å². The van der Waals surface area contributed by atoms with Crippen molar-refractivity contribution in [2.75, 3.05) is 23.8 Å². The van der Waals surface area contributed by atoms with E-state index in [0.717, 1.165) is 22.0 Å². The smallest absolute Gasteiger partial charge is 0.226 e. The molecular weight excluding hydrogens is 412 g/mol. The van der Waals surface area contributed by atoms with E-state index in [1.807, 2.05) is 59.3 Å². The molecule has 2 N–H and O–H groups in total. The van der Waals surface area contributed by atoms with Gasteiger partial charge in [-0.2, -0.15) is 9.97 Å². The van der Waals surface area contributed by atoms with Crippen molar-refractivity contribution >= 4 is 23.4 Å². The predicted molar refractivity (Wildman–Crippen MR) is 123 cm³/mol. The number of nitrogens with zero attached hydrogens (tertiary/aromatic N) is 4. The monoisotopic (exact) mass is 434 g/mol. The second kappa shape index (κ2) is 10.6. The Balaban J connectivity index is 1.36. The molecule has 0 atom stereocenters. The fourth-order valence-electron chi connectivity index (χ4n) is 2.93. The number of hydrogen-bond acceptors (Lipinski definition) is 6. The number of nitrogens with one attached hydrogen (secondary N) is 2. The Bertz CT molecular complexity index is 1070. The van der Waals surface area contributed by atoms with E-state index in [1.54, 1.807) is 12.5 Å². The van der Waals surface area contributed by atoms with Crippen LogP contribution >= 0.6 is 11.6 Å². The van der Waals surface area contributed by atoms with E-state index < -0.39 is 0 Å². The van der Waals surface area contributed by atoms with E-state index in [2.05, 4.69) is 37.7 Å². The Morgan fingerprint density at radius 2 is 1.77 bits per heavy atom. The number of imidazole rings is 1. The number of benzene rings is 2. The Kier molecular flexibility index (Phi) is 7.10. The average Bonchev–Trinajstić information content (AvgIpc) is 3.35. The lowest BCUT2D eigenvalue weighted by Gasteiger charge is -2.12. The molecule has 2 heterocycles. The summed E-state index contributed by atoms with van der Waals surface area (Å²) in [5.41, 5.74) is 2.24. The highest BCUT2D eigenvalue weighted by Gasteiger charge is 2.07. The quantitative estimate of drug-likeness (QED) is 0.356. The normalized spacial score (nSPS) is 10.7. The molecule has 0 spiro atoms. The highest BCUT2D eigenvalue weighted by molar-refractivity contribution is 6.30. The average molecular weight is 435 g/mol. The largest absolute Gasteiger partial charge is 0.375 e. The lowest BCUT2D eigenvalue weighted by atomic mass is 10.2. The third-order valence-electron chi connectivity index (χ3n) is 4.51. The first kappa shape index (κ1) is 20.8. The highest BCUT2D eigenvalue weighted by Crippen LogP contribution is 2.15. The Labute approximate surface area is 186 Å². The van der Waals surface area contributed by atoms with Gasteiger partial charge in [0.25, 0.3) is 0 Å². The molecule has 158 valence electrons. The SMILES string of the molecule is Clc1ccc(COCCNc2cc(-n3ccnc3)nc(NCc3ccccc3)n2)cc1. The molecule has 0 radical (unpaired) electrons. The molecule has 0 bridgehead atoms. The minimum absolute atomic E-state index is 0.535. The van der Waals surface area contributed by atoms with Crippen LogP contribution in [0.3, 0.4) is 0 Å². The summed E-state index contributed by atoms with van der Waals surface area (Å²) < 4.78 is 7.58. The van der Waals surface area contributed by atoms with Crippen LogP contribution in [0.2, 0.25) is 5.02 Å². The molecule has 2 aromatic carbocycles. The molecule has 0 aliphatic rings. The summed E-state index contributed by atoms with van der Waals surface area (Å²) in [5.74, 6) is 1.98. The topological polar surface area (TPSA) is 76.9 Å². The molecule has 0 saturated carbocycles. The van der Waals surface area contributed by atoms with Crippen LogP contribution in [0.15, 0.2) is 79.4 Å². The van der Waals surface area contributed by atoms with Gasteiger partial charge in [-0.1, -0.05) is 54.1 Å². The Morgan fingerprint density at radius 1 is 0.935 bits per heavy atom. The summed E-state index contributed by atoms with van der Waals surface area (Å²) in [6, 6.07) is 19.7. The molecular formula is C23H23ClN6O. The van der Waals surface area contributed by atoms with Crippen molar-refractivity contribution in [2.45, 2.75) is 13.2 Å². The molecule has 2 aromatic heterocycles. The number of rotatable bonds is 10. The van der Waals surface area contributed by atoms with Crippen LogP contribution < -0.4 is 10.6 Å². The summed E-state index contributed by atoms with van der Waals surface area (Å²) in [6.07, 6.45) is 5.28. The van der Waals surface area contributed by atoms with E-state index in [0.29, 0.717) is 38.1 Å². The van der Waals surface area contributed by atoms with Crippen LogP contribution in [0.4, 0.5) is 11.8 Å². The van der Waals surface area contributed by atoms with Gasteiger partial charge in [-0.3, -0.25) is 4.57 Å². The molecule has 7 nitrogen and oxygen atoms in total. The zero-order chi connectivity index (χ0) is 21.3. The van der Waals surface area contributed by atoms with Crippen LogP contribution in [0.25, 0.3) is 5.82 Å². The van der Waals surface area contributed by atoms with E-state index >= 15 is 0 Å². The number of aromatic nitrogens is 4. The Morgan fingerprint density at radius 3 is 2.55 bits per heavy atom. The van der Waals surface area contributed by atoms with Gasteiger partial charge in [-0.15, -0.1) is 0 Å². The zero-order valence-electron chi connectivity index (χ0n) is 16.9. The van der Waals surface area contributed by atoms with Crippen molar-refractivity contribution in [1.29, 1.82) is 0 Å². The van der Waals surface area contributed by atoms with Crippen molar-refractivity contribution in [3.63, 3.8) is 0 Å². The molecule has 0 saturated heterocycles. The third kappa shape index (κ3) is 6.28. The predicted octanol–water partition coefficient (Wildman–Crippen LogP) is 4.56. The van der Waals surface area contributed by atoms with Gasteiger partial charge in [0.1, 0.15) is 18.0 Å². The van der Waals surface area contributed by atoms with E-state index in [9.17, 15) is 0 Å². The maximum absolute atomic E-state index is 5.91. The van der Waals surface area contributed by atoms with Gasteiger partial charge >= 0.3 is 0 Å². The first-order chi connectivity index (χ1) is 15.3. The summed E-state index contributed by atoms with van der Waals surface area (Å²) >= 11 is 5.91. The van der Waals surface area contributed by atoms with Gasteiger partial charge in [0.15, 0.2) is 0 Å². The maximum Gasteiger partial charge on any atom is 0.226 e. The van der Waals surface area contributed by atoms with Crippen molar-refractivity contribution in [2.24, 2.45) is 0 Å². The van der Waals surface area contributed by atoms with Gasteiger partial charge < -0.3 is 15.4 Å². The number of halogens is 1. The first-order valence-electron chi connectivity index (χ1n) is 9.97. The summed E-state index contributed by atoms with van der Waals surface area (Å²) in [7, 11) is 0. The fraction of sp³-hybridized carbons (Fsp3) is 0.174. The van der Waals surface area contributed by atoms with Crippen molar-refractivity contribution in [3.05, 3.63) is 95.5 Å². The van der Waals surface area contributed by atoms with Gasteiger partial charge in [-0.05, 0) is 23.3 Å². The molecule has 0 amide bonds. The van der Waals surface area contributed by atoms with Crippen LogP contribution in [0, 0.1) is 0 Å². The number of hydrogen-bond donors (Lipinski definition) is 2. The summed E-state index contributed by atoms with van der Waals surface area (Å²) in [5, 5.41) is 7.33. The molecule has 0 fully saturated rings. The van der Waals surface area contributed by atoms with Crippen molar-refractivity contribution < 1.29 is 4.74 Å². The Hall–Kier alpha value is -3.42. The van der Waals surface area contributed by atoms with E-state index in [-0.39, 0.29) is 0 Å². The molecule has 8 heteroatoms. The second-order valence-corrected chi connectivity index (χ2v) is 7.29. The van der Waals surface area contributed by atoms with Gasteiger partial charge in [0, 0.05) is 36.6 Å². The van der Waals surface area contributed by atoms with E-state index in [4.69, 9.17) is 16.3 Å². The minimum Gasteiger partial charge on any atom is -0.375 e. The zero-order valence-corrected chi connectivity index (χ0v) is 17.7. The van der Waals surface area contributed by atoms with Crippen LogP contribution in [-0.2, 0) is 17.9 Å². The molecule has 0 unspecified atom stereocenters. The standard InChI is InChI=1S/C23H23ClN6O/c24-20-8-6-19(7-9-20)16-31-13-11-26-21-14-22(30-12-10-25-17-30)29-23(28-21)27-15-18-4-2-1-3-5-18/h1-10,12,14,17H,11,13,15-16H2,(H2,26,27,28,29). The lowest BCUT2D eigenvalue weighted by molar-refractivity contribution is 0.130. The third-order valence-corrected chi connectivity index (χ3v) is 4.76. The van der Waals surface area contributed by atoms with Gasteiger partial charge in [0.2, 0.25) is 5.95 Å². The summed E-state index contributed by atoms with van der Waals surface area (Å²) in [4.78, 5) is 13.3.